The zero-order valence-electron chi connectivity index (χ0n) is 10.0. The van der Waals surface area contributed by atoms with Crippen molar-refractivity contribution in [1.29, 1.82) is 0 Å². The van der Waals surface area contributed by atoms with Crippen LogP contribution in [0, 0.1) is 0 Å². The Kier molecular flexibility index (Phi) is 3.48. The molecule has 1 aromatic carbocycles. The average molecular weight is 307 g/mol. The van der Waals surface area contributed by atoms with E-state index in [0.29, 0.717) is 12.6 Å². The van der Waals surface area contributed by atoms with Crippen LogP contribution in [0.1, 0.15) is 12.8 Å². The van der Waals surface area contributed by atoms with Crippen LogP contribution in [0.3, 0.4) is 0 Å². The third-order valence-corrected chi connectivity index (χ3v) is 3.99. The molecule has 0 bridgehead atoms. The Morgan fingerprint density at radius 3 is 3.11 bits per heavy atom. The van der Waals surface area contributed by atoms with Crippen molar-refractivity contribution in [3.05, 3.63) is 34.9 Å². The van der Waals surface area contributed by atoms with Crippen LogP contribution < -0.4 is 10.1 Å². The van der Waals surface area contributed by atoms with E-state index in [1.54, 1.807) is 6.20 Å². The number of hydrogen-bond acceptors (Lipinski definition) is 3. The summed E-state index contributed by atoms with van der Waals surface area (Å²) >= 11 is 3.55. The summed E-state index contributed by atoms with van der Waals surface area (Å²) in [7, 11) is 0. The Hall–Kier alpha value is -1.13. The molecule has 1 aromatic heterocycles. The van der Waals surface area contributed by atoms with Gasteiger partial charge in [0.15, 0.2) is 0 Å². The van der Waals surface area contributed by atoms with Crippen molar-refractivity contribution >= 4 is 26.7 Å². The van der Waals surface area contributed by atoms with Crippen molar-refractivity contribution in [2.24, 2.45) is 0 Å². The maximum atomic E-state index is 5.86. The molecule has 1 aliphatic rings. The van der Waals surface area contributed by atoms with E-state index in [1.165, 1.54) is 12.8 Å². The average Bonchev–Trinajstić information content (AvgIpc) is 2.90. The largest absolute Gasteiger partial charge is 0.476 e. The molecule has 1 atom stereocenters. The van der Waals surface area contributed by atoms with E-state index < -0.39 is 0 Å². The molecule has 1 N–H and O–H groups in total. The van der Waals surface area contributed by atoms with Crippen molar-refractivity contribution in [1.82, 2.24) is 10.3 Å². The van der Waals surface area contributed by atoms with Crippen LogP contribution in [0.15, 0.2) is 34.9 Å². The summed E-state index contributed by atoms with van der Waals surface area (Å²) in [6.07, 6.45) is 4.22. The Morgan fingerprint density at radius 2 is 2.28 bits per heavy atom. The molecule has 94 valence electrons. The molecule has 0 amide bonds. The SMILES string of the molecule is Brc1cccc2c(OCC3CCCN3)nccc12. The second-order valence-electron chi connectivity index (χ2n) is 4.56. The van der Waals surface area contributed by atoms with Gasteiger partial charge in [-0.15, -0.1) is 0 Å². The second kappa shape index (κ2) is 5.24. The minimum Gasteiger partial charge on any atom is -0.476 e. The quantitative estimate of drug-likeness (QED) is 0.946. The number of benzene rings is 1. The molecule has 1 saturated heterocycles. The molecule has 2 heterocycles. The van der Waals surface area contributed by atoms with Crippen LogP contribution in [0.25, 0.3) is 10.8 Å². The maximum Gasteiger partial charge on any atom is 0.221 e. The molecule has 1 aliphatic heterocycles. The molecule has 1 fully saturated rings. The topological polar surface area (TPSA) is 34.1 Å². The van der Waals surface area contributed by atoms with Gasteiger partial charge in [0.1, 0.15) is 6.61 Å². The Labute approximate surface area is 115 Å². The molecule has 18 heavy (non-hydrogen) atoms. The monoisotopic (exact) mass is 306 g/mol. The first kappa shape index (κ1) is 11.9. The van der Waals surface area contributed by atoms with Crippen LogP contribution in [-0.2, 0) is 0 Å². The molecule has 1 unspecified atom stereocenters. The van der Waals surface area contributed by atoms with Gasteiger partial charge in [-0.2, -0.15) is 0 Å². The van der Waals surface area contributed by atoms with E-state index in [9.17, 15) is 0 Å². The van der Waals surface area contributed by atoms with E-state index in [-0.39, 0.29) is 0 Å². The van der Waals surface area contributed by atoms with E-state index in [2.05, 4.69) is 26.2 Å². The van der Waals surface area contributed by atoms with E-state index in [4.69, 9.17) is 4.74 Å². The fourth-order valence-electron chi connectivity index (χ4n) is 2.34. The highest BCUT2D eigenvalue weighted by molar-refractivity contribution is 9.10. The van der Waals surface area contributed by atoms with Gasteiger partial charge in [0.2, 0.25) is 5.88 Å². The van der Waals surface area contributed by atoms with E-state index in [1.807, 2.05) is 24.3 Å². The van der Waals surface area contributed by atoms with Crippen LogP contribution in [-0.4, -0.2) is 24.2 Å². The van der Waals surface area contributed by atoms with Gasteiger partial charge >= 0.3 is 0 Å². The lowest BCUT2D eigenvalue weighted by molar-refractivity contribution is 0.271. The van der Waals surface area contributed by atoms with Gasteiger partial charge in [0, 0.05) is 27.5 Å². The summed E-state index contributed by atoms with van der Waals surface area (Å²) in [5.74, 6) is 0.725. The fraction of sp³-hybridized carbons (Fsp3) is 0.357. The summed E-state index contributed by atoms with van der Waals surface area (Å²) in [5, 5.41) is 5.62. The van der Waals surface area contributed by atoms with Crippen molar-refractivity contribution in [2.45, 2.75) is 18.9 Å². The van der Waals surface area contributed by atoms with E-state index in [0.717, 1.165) is 27.7 Å². The van der Waals surface area contributed by atoms with E-state index >= 15 is 0 Å². The highest BCUT2D eigenvalue weighted by Crippen LogP contribution is 2.29. The normalized spacial score (nSPS) is 19.3. The first-order valence-electron chi connectivity index (χ1n) is 6.24. The van der Waals surface area contributed by atoms with Gasteiger partial charge in [0.25, 0.3) is 0 Å². The fourth-order valence-corrected chi connectivity index (χ4v) is 2.83. The standard InChI is InChI=1S/C14H15BrN2O/c15-13-5-1-4-12-11(13)6-8-17-14(12)18-9-10-3-2-7-16-10/h1,4-6,8,10,16H,2-3,7,9H2. The lowest BCUT2D eigenvalue weighted by atomic mass is 10.2. The van der Waals surface area contributed by atoms with Crippen LogP contribution in [0.2, 0.25) is 0 Å². The van der Waals surface area contributed by atoms with Crippen LogP contribution >= 0.6 is 15.9 Å². The number of hydrogen-bond donors (Lipinski definition) is 1. The molecule has 3 rings (SSSR count). The molecule has 2 aromatic rings. The number of fused-ring (bicyclic) bond motifs is 1. The molecule has 0 spiro atoms. The zero-order valence-corrected chi connectivity index (χ0v) is 11.6. The van der Waals surface area contributed by atoms with Crippen molar-refractivity contribution < 1.29 is 4.74 Å². The lowest BCUT2D eigenvalue weighted by Gasteiger charge is -2.13. The van der Waals surface area contributed by atoms with Crippen molar-refractivity contribution in [3.63, 3.8) is 0 Å². The maximum absolute atomic E-state index is 5.86. The van der Waals surface area contributed by atoms with Gasteiger partial charge in [-0.05, 0) is 37.6 Å². The predicted molar refractivity (Wildman–Crippen MR) is 76.0 cm³/mol. The summed E-state index contributed by atoms with van der Waals surface area (Å²) in [5.41, 5.74) is 0. The van der Waals surface area contributed by atoms with Crippen molar-refractivity contribution in [2.75, 3.05) is 13.2 Å². The predicted octanol–water partition coefficient (Wildman–Crippen LogP) is 3.13. The molecule has 3 nitrogen and oxygen atoms in total. The summed E-state index contributed by atoms with van der Waals surface area (Å²) < 4.78 is 6.94. The number of ether oxygens (including phenoxy) is 1. The second-order valence-corrected chi connectivity index (χ2v) is 5.41. The number of halogens is 1. The minimum atomic E-state index is 0.467. The number of pyridine rings is 1. The zero-order chi connectivity index (χ0) is 12.4. The number of nitrogens with zero attached hydrogens (tertiary/aromatic N) is 1. The first-order chi connectivity index (χ1) is 8.84. The van der Waals surface area contributed by atoms with Crippen molar-refractivity contribution in [3.8, 4) is 5.88 Å². The molecule has 4 heteroatoms. The number of rotatable bonds is 3. The van der Waals surface area contributed by atoms with Gasteiger partial charge in [-0.25, -0.2) is 4.98 Å². The molecule has 0 aliphatic carbocycles. The third kappa shape index (κ3) is 2.35. The third-order valence-electron chi connectivity index (χ3n) is 3.30. The highest BCUT2D eigenvalue weighted by atomic mass is 79.9. The molecular formula is C14H15BrN2O. The molecule has 0 radical (unpaired) electrons. The highest BCUT2D eigenvalue weighted by Gasteiger charge is 2.15. The van der Waals surface area contributed by atoms with Gasteiger partial charge in [-0.3, -0.25) is 0 Å². The summed E-state index contributed by atoms with van der Waals surface area (Å²) in [6, 6.07) is 8.55. The minimum absolute atomic E-state index is 0.467. The molecular weight excluding hydrogens is 292 g/mol. The van der Waals surface area contributed by atoms with Gasteiger partial charge in [-0.1, -0.05) is 22.0 Å². The Balaban J connectivity index is 1.85. The molecule has 0 saturated carbocycles. The van der Waals surface area contributed by atoms with Crippen LogP contribution in [0.5, 0.6) is 5.88 Å². The van der Waals surface area contributed by atoms with Crippen LogP contribution in [0.4, 0.5) is 0 Å². The Morgan fingerprint density at radius 1 is 1.33 bits per heavy atom. The Bertz CT molecular complexity index is 552. The van der Waals surface area contributed by atoms with Gasteiger partial charge < -0.3 is 10.1 Å². The lowest BCUT2D eigenvalue weighted by Crippen LogP contribution is -2.28. The first-order valence-corrected chi connectivity index (χ1v) is 7.03. The summed E-state index contributed by atoms with van der Waals surface area (Å²) in [6.45, 7) is 1.79. The number of nitrogens with one attached hydrogen (secondary N) is 1. The summed E-state index contributed by atoms with van der Waals surface area (Å²) in [4.78, 5) is 4.34. The number of aromatic nitrogens is 1. The smallest absolute Gasteiger partial charge is 0.221 e. The van der Waals surface area contributed by atoms with Gasteiger partial charge in [0.05, 0.1) is 0 Å².